The van der Waals surface area contributed by atoms with Crippen molar-refractivity contribution < 1.29 is 28.6 Å². The number of allylic oxidation sites excluding steroid dienone is 24. The lowest BCUT2D eigenvalue weighted by atomic mass is 10.1. The number of ether oxygens (including phenoxy) is 3. The quantitative estimate of drug-likeness (QED) is 0.0199. The van der Waals surface area contributed by atoms with Crippen LogP contribution in [0.15, 0.2) is 146 Å². The van der Waals surface area contributed by atoms with E-state index < -0.39 is 6.10 Å². The van der Waals surface area contributed by atoms with Crippen LogP contribution in [-0.2, 0) is 28.6 Å². The van der Waals surface area contributed by atoms with E-state index in [1.54, 1.807) is 0 Å². The Morgan fingerprint density at radius 2 is 0.682 bits per heavy atom. The normalized spacial score (nSPS) is 13.3. The summed E-state index contributed by atoms with van der Waals surface area (Å²) < 4.78 is 16.7. The molecule has 0 amide bonds. The van der Waals surface area contributed by atoms with Crippen LogP contribution in [0.4, 0.5) is 0 Å². The van der Waals surface area contributed by atoms with Gasteiger partial charge in [0, 0.05) is 19.3 Å². The predicted molar refractivity (Wildman–Crippen MR) is 283 cm³/mol. The molecule has 0 aliphatic carbocycles. The first kappa shape index (κ1) is 61.3. The maximum atomic E-state index is 12.8. The van der Waals surface area contributed by atoms with E-state index in [-0.39, 0.29) is 44.0 Å². The van der Waals surface area contributed by atoms with Crippen molar-refractivity contribution in [3.05, 3.63) is 146 Å². The van der Waals surface area contributed by atoms with E-state index in [2.05, 4.69) is 106 Å². The Hall–Kier alpha value is -4.71. The number of hydrogen-bond donors (Lipinski definition) is 0. The third-order valence-corrected chi connectivity index (χ3v) is 10.2. The summed E-state index contributed by atoms with van der Waals surface area (Å²) in [5.41, 5.74) is 0. The highest BCUT2D eigenvalue weighted by Gasteiger charge is 2.19. The van der Waals surface area contributed by atoms with E-state index in [1.165, 1.54) is 44.9 Å². The van der Waals surface area contributed by atoms with Crippen molar-refractivity contribution in [2.75, 3.05) is 13.2 Å². The van der Waals surface area contributed by atoms with Crippen molar-refractivity contribution in [3.63, 3.8) is 0 Å². The second kappa shape index (κ2) is 52.9. The molecule has 66 heavy (non-hydrogen) atoms. The molecule has 0 aliphatic heterocycles. The summed E-state index contributed by atoms with van der Waals surface area (Å²) in [4.78, 5) is 38.0. The second-order valence-corrected chi connectivity index (χ2v) is 16.5. The smallest absolute Gasteiger partial charge is 0.306 e. The van der Waals surface area contributed by atoms with Crippen LogP contribution < -0.4 is 0 Å². The van der Waals surface area contributed by atoms with E-state index in [4.69, 9.17) is 14.2 Å². The SMILES string of the molecule is CC\C=C/C=C\C=C/C=C\C=C\C=C/CCCCCC(=O)OCC(COC(=O)CCCCCC/C=C\C/C=C\C/C=C\CC)OC(=O)CCC/C=C\C/C=C\C/C=C\CCCCCCCC. The second-order valence-electron chi connectivity index (χ2n) is 16.5. The fourth-order valence-electron chi connectivity index (χ4n) is 6.38. The van der Waals surface area contributed by atoms with Crippen molar-refractivity contribution in [2.24, 2.45) is 0 Å². The third kappa shape index (κ3) is 50.3. The molecular weight excluding hydrogens is 817 g/mol. The molecule has 0 N–H and O–H groups in total. The van der Waals surface area contributed by atoms with Gasteiger partial charge in [0.15, 0.2) is 6.10 Å². The maximum Gasteiger partial charge on any atom is 0.306 e. The average Bonchev–Trinajstić information content (AvgIpc) is 3.31. The van der Waals surface area contributed by atoms with Gasteiger partial charge in [0.05, 0.1) is 0 Å². The minimum absolute atomic E-state index is 0.131. The molecule has 1 atom stereocenters. The summed E-state index contributed by atoms with van der Waals surface area (Å²) in [5.74, 6) is -1.06. The van der Waals surface area contributed by atoms with Gasteiger partial charge in [-0.3, -0.25) is 14.4 Å². The minimum atomic E-state index is -0.839. The van der Waals surface area contributed by atoms with Gasteiger partial charge in [-0.2, -0.15) is 0 Å². The largest absolute Gasteiger partial charge is 0.462 e. The van der Waals surface area contributed by atoms with Gasteiger partial charge in [-0.05, 0) is 103 Å². The topological polar surface area (TPSA) is 78.9 Å². The molecule has 368 valence electrons. The first-order valence-electron chi connectivity index (χ1n) is 25.9. The predicted octanol–water partition coefficient (Wildman–Crippen LogP) is 17.3. The fraction of sp³-hybridized carbons (Fsp3) is 0.550. The first-order valence-corrected chi connectivity index (χ1v) is 25.9. The Labute approximate surface area is 404 Å². The standard InChI is InChI=1S/C60H92O6/c1-4-7-10-13-16-19-22-25-28-30-32-35-38-41-44-47-50-53-59(62)65-56-57(55-64-58(61)52-49-46-43-40-37-34-27-24-21-18-15-12-9-6-3)66-60(63)54-51-48-45-42-39-36-33-31-29-26-23-20-17-14-11-8-5-2/h7,9-10,12-13,16,18-19,21-22,25-30,32-36,38,42,45,57H,4-6,8,11,14-15,17,20,23-24,31,37,39-41,43-44,46-56H2,1-3H3/b10-7-,12-9-,16-13-,21-18-,22-19-,28-25-,29-26-,32-30+,34-27-,36-33-,38-35-,45-42-. The summed E-state index contributed by atoms with van der Waals surface area (Å²) in [6.07, 6.45) is 75.5. The van der Waals surface area contributed by atoms with Crippen molar-refractivity contribution in [3.8, 4) is 0 Å². The molecule has 0 aliphatic rings. The molecule has 0 saturated heterocycles. The van der Waals surface area contributed by atoms with Crippen LogP contribution >= 0.6 is 0 Å². The molecule has 1 unspecified atom stereocenters. The number of esters is 3. The van der Waals surface area contributed by atoms with Crippen LogP contribution in [-0.4, -0.2) is 37.2 Å². The molecule has 0 saturated carbocycles. The fourth-order valence-corrected chi connectivity index (χ4v) is 6.38. The molecule has 0 radical (unpaired) electrons. The van der Waals surface area contributed by atoms with Crippen LogP contribution in [0, 0.1) is 0 Å². The van der Waals surface area contributed by atoms with E-state index in [1.807, 2.05) is 60.8 Å². The lowest BCUT2D eigenvalue weighted by molar-refractivity contribution is -0.167. The number of hydrogen-bond acceptors (Lipinski definition) is 6. The lowest BCUT2D eigenvalue weighted by Gasteiger charge is -2.18. The zero-order valence-electron chi connectivity index (χ0n) is 41.9. The Morgan fingerprint density at radius 1 is 0.333 bits per heavy atom. The van der Waals surface area contributed by atoms with Crippen molar-refractivity contribution in [1.29, 1.82) is 0 Å². The van der Waals surface area contributed by atoms with Crippen LogP contribution in [0.2, 0.25) is 0 Å². The molecular formula is C60H92O6. The van der Waals surface area contributed by atoms with Gasteiger partial charge in [-0.1, -0.05) is 218 Å². The Bertz CT molecular complexity index is 1510. The molecule has 0 spiro atoms. The van der Waals surface area contributed by atoms with E-state index in [0.29, 0.717) is 19.3 Å². The molecule has 6 heteroatoms. The lowest BCUT2D eigenvalue weighted by Crippen LogP contribution is -2.30. The number of carbonyl (C=O) groups is 3. The third-order valence-electron chi connectivity index (χ3n) is 10.2. The highest BCUT2D eigenvalue weighted by atomic mass is 16.6. The van der Waals surface area contributed by atoms with Crippen molar-refractivity contribution in [2.45, 2.75) is 200 Å². The van der Waals surface area contributed by atoms with Crippen LogP contribution in [0.5, 0.6) is 0 Å². The Balaban J connectivity index is 4.63. The summed E-state index contributed by atoms with van der Waals surface area (Å²) in [6, 6.07) is 0. The van der Waals surface area contributed by atoms with Crippen LogP contribution in [0.3, 0.4) is 0 Å². The van der Waals surface area contributed by atoms with Crippen LogP contribution in [0.1, 0.15) is 194 Å². The molecule has 6 nitrogen and oxygen atoms in total. The van der Waals surface area contributed by atoms with E-state index in [9.17, 15) is 14.4 Å². The Morgan fingerprint density at radius 3 is 1.17 bits per heavy atom. The number of rotatable bonds is 44. The molecule has 0 bridgehead atoms. The average molecular weight is 909 g/mol. The molecule has 0 fully saturated rings. The van der Waals surface area contributed by atoms with Gasteiger partial charge < -0.3 is 14.2 Å². The zero-order chi connectivity index (χ0) is 47.9. The zero-order valence-corrected chi connectivity index (χ0v) is 41.9. The number of carbonyl (C=O) groups excluding carboxylic acids is 3. The van der Waals surface area contributed by atoms with Gasteiger partial charge in [0.1, 0.15) is 13.2 Å². The first-order chi connectivity index (χ1) is 32.5. The molecule has 0 aromatic rings. The van der Waals surface area contributed by atoms with E-state index >= 15 is 0 Å². The van der Waals surface area contributed by atoms with Gasteiger partial charge in [0.25, 0.3) is 0 Å². The summed E-state index contributed by atoms with van der Waals surface area (Å²) >= 11 is 0. The van der Waals surface area contributed by atoms with Gasteiger partial charge in [-0.15, -0.1) is 0 Å². The monoisotopic (exact) mass is 909 g/mol. The number of unbranched alkanes of at least 4 members (excludes halogenated alkanes) is 14. The summed E-state index contributed by atoms with van der Waals surface area (Å²) in [7, 11) is 0. The van der Waals surface area contributed by atoms with Gasteiger partial charge in [0.2, 0.25) is 0 Å². The maximum absolute atomic E-state index is 12.8. The summed E-state index contributed by atoms with van der Waals surface area (Å²) in [5, 5.41) is 0. The highest BCUT2D eigenvalue weighted by Crippen LogP contribution is 2.11. The van der Waals surface area contributed by atoms with Gasteiger partial charge >= 0.3 is 17.9 Å². The van der Waals surface area contributed by atoms with Gasteiger partial charge in [-0.25, -0.2) is 0 Å². The summed E-state index contributed by atoms with van der Waals surface area (Å²) in [6.45, 7) is 6.24. The molecule has 0 rings (SSSR count). The van der Waals surface area contributed by atoms with E-state index in [0.717, 1.165) is 96.3 Å². The van der Waals surface area contributed by atoms with Crippen LogP contribution in [0.25, 0.3) is 0 Å². The molecule has 0 heterocycles. The van der Waals surface area contributed by atoms with Crippen molar-refractivity contribution >= 4 is 17.9 Å². The molecule has 0 aromatic carbocycles. The highest BCUT2D eigenvalue weighted by molar-refractivity contribution is 5.71. The molecule has 0 aromatic heterocycles. The Kier molecular flexibility index (Phi) is 49.1. The van der Waals surface area contributed by atoms with Crippen molar-refractivity contribution in [1.82, 2.24) is 0 Å². The minimum Gasteiger partial charge on any atom is -0.462 e.